The van der Waals surface area contributed by atoms with E-state index in [2.05, 4.69) is 43.9 Å². The van der Waals surface area contributed by atoms with E-state index in [-0.39, 0.29) is 10.8 Å². The molecule has 4 aromatic rings. The monoisotopic (exact) mass is 615 g/mol. The van der Waals surface area contributed by atoms with Gasteiger partial charge in [0.15, 0.2) is 0 Å². The highest BCUT2D eigenvalue weighted by Gasteiger charge is 2.14. The normalized spacial score (nSPS) is 11.1. The predicted octanol–water partition coefficient (Wildman–Crippen LogP) is 6.73. The van der Waals surface area contributed by atoms with Gasteiger partial charge in [0.1, 0.15) is 5.75 Å². The molecule has 0 fully saturated rings. The molecule has 43 heavy (non-hydrogen) atoms. The fourth-order valence-electron chi connectivity index (χ4n) is 4.45. The molecular weight excluding hydrogens is 583 g/mol. The second-order valence-corrected chi connectivity index (χ2v) is 12.7. The van der Waals surface area contributed by atoms with Crippen LogP contribution in [0.15, 0.2) is 111 Å². The Morgan fingerprint density at radius 2 is 1.56 bits per heavy atom. The van der Waals surface area contributed by atoms with E-state index in [1.54, 1.807) is 37.1 Å². The topological polar surface area (TPSA) is 124 Å². The number of aryl methyl sites for hydroxylation is 1. The van der Waals surface area contributed by atoms with E-state index in [9.17, 15) is 13.2 Å². The van der Waals surface area contributed by atoms with Crippen LogP contribution in [0, 0.1) is 6.92 Å². The minimum absolute atomic E-state index is 0.0375. The zero-order valence-electron chi connectivity index (χ0n) is 24.0. The van der Waals surface area contributed by atoms with E-state index in [1.807, 2.05) is 49.4 Å². The maximum Gasteiger partial charge on any atom is 0.264 e. The standard InChI is InChI=1S/C32H33N5O4S2/c1-24-18-28(20-29(19-24)41-2)32(38)34-21-25-8-10-26(11-9-25)22-37(16-17-42-30-6-4-3-5-7-30)23-27-12-14-31(15-13-27)43(39,40)36-35-33/h3-15,18-20H,16-17,21-23H2,1-2H3,(H,34,38). The number of carbonyl (C=O) groups is 1. The third-order valence-corrected chi connectivity index (χ3v) is 8.77. The Kier molecular flexibility index (Phi) is 11.2. The van der Waals surface area contributed by atoms with Crippen LogP contribution in [-0.2, 0) is 29.7 Å². The average Bonchev–Trinajstić information content (AvgIpc) is 3.01. The van der Waals surface area contributed by atoms with Gasteiger partial charge in [0.2, 0.25) is 0 Å². The molecule has 0 radical (unpaired) electrons. The lowest BCUT2D eigenvalue weighted by atomic mass is 10.1. The van der Waals surface area contributed by atoms with Crippen molar-refractivity contribution in [3.63, 3.8) is 0 Å². The molecular formula is C32H33N5O4S2. The first-order valence-corrected chi connectivity index (χ1v) is 16.0. The number of rotatable bonds is 14. The predicted molar refractivity (Wildman–Crippen MR) is 169 cm³/mol. The molecule has 0 atom stereocenters. The third-order valence-electron chi connectivity index (χ3n) is 6.62. The summed E-state index contributed by atoms with van der Waals surface area (Å²) < 4.78 is 32.3. The summed E-state index contributed by atoms with van der Waals surface area (Å²) in [4.78, 5) is 18.6. The fourth-order valence-corrected chi connectivity index (χ4v) is 6.05. The number of ether oxygens (including phenoxy) is 1. The molecule has 4 aromatic carbocycles. The van der Waals surface area contributed by atoms with Gasteiger partial charge in [-0.1, -0.05) is 54.6 Å². The molecule has 0 aliphatic rings. The van der Waals surface area contributed by atoms with Gasteiger partial charge in [0.25, 0.3) is 15.9 Å². The van der Waals surface area contributed by atoms with Crippen LogP contribution < -0.4 is 10.1 Å². The molecule has 0 saturated carbocycles. The van der Waals surface area contributed by atoms with Crippen LogP contribution in [0.25, 0.3) is 10.4 Å². The number of carbonyl (C=O) groups excluding carboxylic acids is 1. The van der Waals surface area contributed by atoms with Crippen LogP contribution in [0.2, 0.25) is 0 Å². The maximum absolute atomic E-state index is 12.7. The Hall–Kier alpha value is -4.28. The highest BCUT2D eigenvalue weighted by molar-refractivity contribution is 7.99. The van der Waals surface area contributed by atoms with E-state index < -0.39 is 10.0 Å². The van der Waals surface area contributed by atoms with Gasteiger partial charge < -0.3 is 10.1 Å². The molecule has 1 amide bonds. The molecule has 0 bridgehead atoms. The van der Waals surface area contributed by atoms with Crippen molar-refractivity contribution in [3.8, 4) is 5.75 Å². The summed E-state index contributed by atoms with van der Waals surface area (Å²) in [6.45, 7) is 4.42. The lowest BCUT2D eigenvalue weighted by Crippen LogP contribution is -2.25. The van der Waals surface area contributed by atoms with Crippen molar-refractivity contribution in [1.82, 2.24) is 10.2 Å². The van der Waals surface area contributed by atoms with Crippen molar-refractivity contribution in [3.05, 3.63) is 135 Å². The first-order chi connectivity index (χ1) is 20.8. The Labute approximate surface area is 256 Å². The van der Waals surface area contributed by atoms with Crippen molar-refractivity contribution >= 4 is 27.7 Å². The van der Waals surface area contributed by atoms with Crippen LogP contribution >= 0.6 is 11.8 Å². The Bertz CT molecular complexity index is 1670. The van der Waals surface area contributed by atoms with Crippen molar-refractivity contribution in [2.75, 3.05) is 19.4 Å². The Morgan fingerprint density at radius 3 is 2.19 bits per heavy atom. The van der Waals surface area contributed by atoms with Crippen LogP contribution in [-0.4, -0.2) is 38.6 Å². The first kappa shape index (κ1) is 31.7. The molecule has 0 aliphatic carbocycles. The van der Waals surface area contributed by atoms with Crippen molar-refractivity contribution in [2.24, 2.45) is 4.52 Å². The van der Waals surface area contributed by atoms with Crippen LogP contribution in [0.4, 0.5) is 0 Å². The summed E-state index contributed by atoms with van der Waals surface area (Å²) in [6, 6.07) is 30.2. The number of hydrogen-bond acceptors (Lipinski definition) is 6. The summed E-state index contributed by atoms with van der Waals surface area (Å²) in [7, 11) is -2.44. The molecule has 1 N–H and O–H groups in total. The molecule has 0 spiro atoms. The number of amides is 1. The van der Waals surface area contributed by atoms with Crippen LogP contribution in [0.3, 0.4) is 0 Å². The largest absolute Gasteiger partial charge is 0.497 e. The molecule has 11 heteroatoms. The third kappa shape index (κ3) is 9.62. The van der Waals surface area contributed by atoms with Gasteiger partial charge >= 0.3 is 0 Å². The molecule has 0 aliphatic heterocycles. The number of benzene rings is 4. The minimum atomic E-state index is -4.02. The van der Waals surface area contributed by atoms with Gasteiger partial charge in [-0.05, 0) is 77.2 Å². The quantitative estimate of drug-likeness (QED) is 0.0726. The van der Waals surface area contributed by atoms with E-state index in [0.29, 0.717) is 30.9 Å². The number of sulfonamides is 1. The van der Waals surface area contributed by atoms with Crippen LogP contribution in [0.5, 0.6) is 5.75 Å². The number of methoxy groups -OCH3 is 1. The molecule has 0 heterocycles. The lowest BCUT2D eigenvalue weighted by Gasteiger charge is -2.23. The molecule has 0 saturated heterocycles. The Balaban J connectivity index is 1.40. The number of hydrogen-bond donors (Lipinski definition) is 1. The summed E-state index contributed by atoms with van der Waals surface area (Å²) in [5, 5.41) is 2.98. The molecule has 4 rings (SSSR count). The second-order valence-electron chi connectivity index (χ2n) is 9.90. The van der Waals surface area contributed by atoms with Gasteiger partial charge in [-0.25, -0.2) is 8.42 Å². The number of nitrogens with one attached hydrogen (secondary N) is 1. The number of azide groups is 1. The van der Waals surface area contributed by atoms with E-state index in [0.717, 1.165) is 34.6 Å². The van der Waals surface area contributed by atoms with Gasteiger partial charge in [0.05, 0.1) is 12.0 Å². The van der Waals surface area contributed by atoms with Crippen LogP contribution in [0.1, 0.15) is 32.6 Å². The smallest absolute Gasteiger partial charge is 0.264 e. The highest BCUT2D eigenvalue weighted by atomic mass is 32.2. The van der Waals surface area contributed by atoms with Gasteiger partial charge in [-0.3, -0.25) is 9.69 Å². The van der Waals surface area contributed by atoms with E-state index in [4.69, 9.17) is 10.3 Å². The Morgan fingerprint density at radius 1 is 0.930 bits per heavy atom. The first-order valence-electron chi connectivity index (χ1n) is 13.6. The van der Waals surface area contributed by atoms with Gasteiger partial charge in [-0.15, -0.1) is 11.8 Å². The fraction of sp³-hybridized carbons (Fsp3) is 0.219. The maximum atomic E-state index is 12.7. The molecule has 0 aromatic heterocycles. The lowest BCUT2D eigenvalue weighted by molar-refractivity contribution is 0.0950. The number of nitrogens with zero attached hydrogens (tertiary/aromatic N) is 4. The van der Waals surface area contributed by atoms with E-state index >= 15 is 0 Å². The van der Waals surface area contributed by atoms with Crippen molar-refractivity contribution < 1.29 is 17.9 Å². The number of thioether (sulfide) groups is 1. The second kappa shape index (κ2) is 15.3. The van der Waals surface area contributed by atoms with Gasteiger partial charge in [-0.2, -0.15) is 0 Å². The SMILES string of the molecule is COc1cc(C)cc(C(=O)NCc2ccc(CN(CCSc3ccccc3)Cc3ccc(S(=O)(=O)N=[N+]=[N-])cc3)cc2)c1. The highest BCUT2D eigenvalue weighted by Crippen LogP contribution is 2.20. The summed E-state index contributed by atoms with van der Waals surface area (Å²) >= 11 is 1.78. The van der Waals surface area contributed by atoms with Gasteiger partial charge in [0, 0.05) is 51.8 Å². The van der Waals surface area contributed by atoms with Crippen molar-refractivity contribution in [1.29, 1.82) is 0 Å². The van der Waals surface area contributed by atoms with E-state index in [1.165, 1.54) is 17.0 Å². The summed E-state index contributed by atoms with van der Waals surface area (Å²) in [6.07, 6.45) is 0. The van der Waals surface area contributed by atoms with Crippen molar-refractivity contribution in [2.45, 2.75) is 36.3 Å². The average molecular weight is 616 g/mol. The summed E-state index contributed by atoms with van der Waals surface area (Å²) in [5.41, 5.74) is 13.1. The minimum Gasteiger partial charge on any atom is -0.497 e. The zero-order chi connectivity index (χ0) is 30.7. The summed E-state index contributed by atoms with van der Waals surface area (Å²) in [5.74, 6) is 1.36. The molecule has 9 nitrogen and oxygen atoms in total. The molecule has 0 unspecified atom stereocenters. The molecule has 222 valence electrons. The zero-order valence-corrected chi connectivity index (χ0v) is 25.6.